The smallest absolute Gasteiger partial charge is 0.274 e. The number of carbonyl (C=O) groups is 1. The molecule has 2 aromatic heterocycles. The average molecular weight is 448 g/mol. The van der Waals surface area contributed by atoms with Gasteiger partial charge in [-0.25, -0.2) is 9.07 Å². The highest BCUT2D eigenvalue weighted by Gasteiger charge is 2.32. The van der Waals surface area contributed by atoms with Crippen molar-refractivity contribution in [2.45, 2.75) is 44.6 Å². The molecule has 1 saturated heterocycles. The van der Waals surface area contributed by atoms with Gasteiger partial charge in [0.25, 0.3) is 5.91 Å². The highest BCUT2D eigenvalue weighted by molar-refractivity contribution is 5.94. The van der Waals surface area contributed by atoms with E-state index in [0.29, 0.717) is 11.4 Å². The maximum atomic E-state index is 14.4. The van der Waals surface area contributed by atoms with Crippen LogP contribution in [0, 0.1) is 5.82 Å². The van der Waals surface area contributed by atoms with Gasteiger partial charge in [-0.3, -0.25) is 9.78 Å². The number of rotatable bonds is 6. The molecule has 0 bridgehead atoms. The Labute approximate surface area is 194 Å². The zero-order valence-corrected chi connectivity index (χ0v) is 19.1. The fourth-order valence-corrected chi connectivity index (χ4v) is 5.11. The van der Waals surface area contributed by atoms with Gasteiger partial charge in [-0.05, 0) is 56.4 Å². The van der Waals surface area contributed by atoms with Gasteiger partial charge in [-0.2, -0.15) is 5.10 Å². The number of halogens is 1. The summed E-state index contributed by atoms with van der Waals surface area (Å²) < 4.78 is 16.1. The number of hydrogen-bond donors (Lipinski definition) is 0. The Hall–Kier alpha value is -3.06. The van der Waals surface area contributed by atoms with Crippen molar-refractivity contribution in [1.82, 2.24) is 24.6 Å². The molecule has 3 aromatic rings. The quantitative estimate of drug-likeness (QED) is 0.579. The van der Waals surface area contributed by atoms with Crippen LogP contribution in [0.15, 0.2) is 48.7 Å². The molecule has 6 nitrogen and oxygen atoms in total. The number of aromatic nitrogens is 3. The van der Waals surface area contributed by atoms with Crippen molar-refractivity contribution in [3.63, 3.8) is 0 Å². The van der Waals surface area contributed by atoms with E-state index in [-0.39, 0.29) is 17.8 Å². The van der Waals surface area contributed by atoms with Crippen molar-refractivity contribution >= 4 is 5.91 Å². The minimum Gasteiger partial charge on any atom is -0.337 e. The van der Waals surface area contributed by atoms with Crippen LogP contribution in [0.5, 0.6) is 0 Å². The first kappa shape index (κ1) is 21.8. The average Bonchev–Trinajstić information content (AvgIpc) is 3.46. The first-order chi connectivity index (χ1) is 16.1. The predicted octanol–water partition coefficient (Wildman–Crippen LogP) is 3.67. The number of amides is 1. The molecule has 0 unspecified atom stereocenters. The van der Waals surface area contributed by atoms with Gasteiger partial charge >= 0.3 is 0 Å². The Morgan fingerprint density at radius 2 is 1.91 bits per heavy atom. The molecule has 0 atom stereocenters. The van der Waals surface area contributed by atoms with Crippen molar-refractivity contribution in [2.24, 2.45) is 0 Å². The second-order valence-corrected chi connectivity index (χ2v) is 9.05. The van der Waals surface area contributed by atoms with Crippen LogP contribution in [0.1, 0.15) is 46.7 Å². The van der Waals surface area contributed by atoms with Crippen molar-refractivity contribution in [3.05, 3.63) is 77.1 Å². The highest BCUT2D eigenvalue weighted by atomic mass is 19.1. The van der Waals surface area contributed by atoms with Crippen molar-refractivity contribution in [2.75, 3.05) is 26.7 Å². The van der Waals surface area contributed by atoms with Gasteiger partial charge in [0.1, 0.15) is 11.5 Å². The SMILES string of the molecule is CN(C(=O)c1nn(-c2ccccc2F)c2c1CCC2)C1CCN(CCc2ccccn2)CC1. The third-order valence-corrected chi connectivity index (χ3v) is 7.05. The molecule has 0 radical (unpaired) electrons. The summed E-state index contributed by atoms with van der Waals surface area (Å²) in [6.07, 6.45) is 7.29. The third kappa shape index (κ3) is 4.42. The first-order valence-corrected chi connectivity index (χ1v) is 11.9. The fourth-order valence-electron chi connectivity index (χ4n) is 5.11. The first-order valence-electron chi connectivity index (χ1n) is 11.9. The lowest BCUT2D eigenvalue weighted by Gasteiger charge is -2.36. The summed E-state index contributed by atoms with van der Waals surface area (Å²) in [5.41, 5.74) is 3.99. The number of para-hydroxylation sites is 1. The minimum absolute atomic E-state index is 0.0461. The van der Waals surface area contributed by atoms with Gasteiger partial charge in [0.2, 0.25) is 0 Å². The fraction of sp³-hybridized carbons (Fsp3) is 0.423. The zero-order valence-electron chi connectivity index (χ0n) is 19.1. The van der Waals surface area contributed by atoms with Crippen molar-refractivity contribution in [1.29, 1.82) is 0 Å². The maximum Gasteiger partial charge on any atom is 0.274 e. The van der Waals surface area contributed by atoms with Gasteiger partial charge in [-0.15, -0.1) is 0 Å². The Kier molecular flexibility index (Phi) is 6.22. The number of likely N-dealkylation sites (tertiary alicyclic amines) is 1. The van der Waals surface area contributed by atoms with E-state index in [2.05, 4.69) is 21.0 Å². The Balaban J connectivity index is 1.25. The molecule has 33 heavy (non-hydrogen) atoms. The Morgan fingerprint density at radius 1 is 1.12 bits per heavy atom. The summed E-state index contributed by atoms with van der Waals surface area (Å²) >= 11 is 0. The molecule has 1 aliphatic heterocycles. The molecule has 2 aliphatic rings. The standard InChI is InChI=1S/C26H30FN5O/c1-30(20-13-17-31(18-14-20)16-12-19-7-4-5-15-28-19)26(33)25-21-8-6-11-23(21)32(29-25)24-10-3-2-9-22(24)27/h2-5,7,9-10,15,20H,6,8,11-14,16-18H2,1H3. The molecule has 1 aromatic carbocycles. The van der Waals surface area contributed by atoms with Crippen LogP contribution < -0.4 is 0 Å². The van der Waals surface area contributed by atoms with Gasteiger partial charge in [0.05, 0.1) is 0 Å². The van der Waals surface area contributed by atoms with Gasteiger partial charge in [0.15, 0.2) is 5.69 Å². The van der Waals surface area contributed by atoms with Crippen LogP contribution in [-0.2, 0) is 19.3 Å². The van der Waals surface area contributed by atoms with Gasteiger partial charge < -0.3 is 9.80 Å². The van der Waals surface area contributed by atoms with Crippen molar-refractivity contribution in [3.8, 4) is 5.69 Å². The molecular weight excluding hydrogens is 417 g/mol. The summed E-state index contributed by atoms with van der Waals surface area (Å²) in [5.74, 6) is -0.365. The zero-order chi connectivity index (χ0) is 22.8. The molecule has 5 rings (SSSR count). The van der Waals surface area contributed by atoms with Crippen LogP contribution in [-0.4, -0.2) is 63.2 Å². The third-order valence-electron chi connectivity index (χ3n) is 7.05. The van der Waals surface area contributed by atoms with E-state index in [1.165, 1.54) is 6.07 Å². The van der Waals surface area contributed by atoms with Crippen LogP contribution in [0.2, 0.25) is 0 Å². The molecule has 1 amide bonds. The van der Waals surface area contributed by atoms with E-state index in [9.17, 15) is 9.18 Å². The molecule has 0 saturated carbocycles. The second-order valence-electron chi connectivity index (χ2n) is 9.05. The van der Waals surface area contributed by atoms with Gasteiger partial charge in [-0.1, -0.05) is 18.2 Å². The minimum atomic E-state index is -0.319. The number of piperidine rings is 1. The number of fused-ring (bicyclic) bond motifs is 1. The molecule has 0 N–H and O–H groups in total. The van der Waals surface area contributed by atoms with E-state index in [1.807, 2.05) is 30.3 Å². The molecule has 172 valence electrons. The lowest BCUT2D eigenvalue weighted by atomic mass is 10.0. The van der Waals surface area contributed by atoms with Crippen LogP contribution in [0.25, 0.3) is 5.69 Å². The van der Waals surface area contributed by atoms with Crippen LogP contribution in [0.4, 0.5) is 4.39 Å². The lowest BCUT2D eigenvalue weighted by molar-refractivity contribution is 0.0636. The normalized spacial score (nSPS) is 16.7. The molecular formula is C26H30FN5O. The molecule has 7 heteroatoms. The monoisotopic (exact) mass is 447 g/mol. The summed E-state index contributed by atoms with van der Waals surface area (Å²) in [5, 5.41) is 4.62. The van der Waals surface area contributed by atoms with Crippen molar-refractivity contribution < 1.29 is 9.18 Å². The van der Waals surface area contributed by atoms with E-state index in [4.69, 9.17) is 0 Å². The number of carbonyl (C=O) groups excluding carboxylic acids is 1. The van der Waals surface area contributed by atoms with E-state index in [1.54, 1.807) is 22.9 Å². The largest absolute Gasteiger partial charge is 0.337 e. The Bertz CT molecular complexity index is 1120. The predicted molar refractivity (Wildman–Crippen MR) is 125 cm³/mol. The number of hydrogen-bond acceptors (Lipinski definition) is 4. The summed E-state index contributed by atoms with van der Waals surface area (Å²) in [7, 11) is 1.89. The molecule has 0 spiro atoms. The summed E-state index contributed by atoms with van der Waals surface area (Å²) in [6, 6.07) is 12.9. The molecule has 1 aliphatic carbocycles. The number of nitrogens with zero attached hydrogens (tertiary/aromatic N) is 5. The Morgan fingerprint density at radius 3 is 2.67 bits per heavy atom. The lowest BCUT2D eigenvalue weighted by Crippen LogP contribution is -2.46. The van der Waals surface area contributed by atoms with E-state index in [0.717, 1.165) is 75.1 Å². The second kappa shape index (κ2) is 9.43. The highest BCUT2D eigenvalue weighted by Crippen LogP contribution is 2.30. The van der Waals surface area contributed by atoms with E-state index >= 15 is 0 Å². The number of pyridine rings is 1. The van der Waals surface area contributed by atoms with Gasteiger partial charge in [0, 0.05) is 62.3 Å². The van der Waals surface area contributed by atoms with Crippen LogP contribution >= 0.6 is 0 Å². The topological polar surface area (TPSA) is 54.3 Å². The summed E-state index contributed by atoms with van der Waals surface area (Å²) in [6.45, 7) is 2.93. The molecule has 1 fully saturated rings. The van der Waals surface area contributed by atoms with E-state index < -0.39 is 0 Å². The molecule has 3 heterocycles. The maximum absolute atomic E-state index is 14.4. The summed E-state index contributed by atoms with van der Waals surface area (Å²) in [4.78, 5) is 22.2. The van der Waals surface area contributed by atoms with Crippen LogP contribution in [0.3, 0.4) is 0 Å². The number of benzene rings is 1.